The summed E-state index contributed by atoms with van der Waals surface area (Å²) >= 11 is 0. The highest BCUT2D eigenvalue weighted by molar-refractivity contribution is 5.98. The van der Waals surface area contributed by atoms with E-state index in [4.69, 9.17) is 9.47 Å². The van der Waals surface area contributed by atoms with Crippen molar-refractivity contribution in [3.63, 3.8) is 0 Å². The molecule has 2 heterocycles. The van der Waals surface area contributed by atoms with Crippen LogP contribution >= 0.6 is 0 Å². The molecule has 0 bridgehead atoms. The normalized spacial score (nSPS) is 13.7. The van der Waals surface area contributed by atoms with E-state index in [1.165, 1.54) is 0 Å². The number of ether oxygens (including phenoxy) is 2. The Morgan fingerprint density at radius 3 is 2.56 bits per heavy atom. The molecule has 27 heavy (non-hydrogen) atoms. The molecule has 5 heteroatoms. The van der Waals surface area contributed by atoms with Gasteiger partial charge in [0, 0.05) is 18.0 Å². The van der Waals surface area contributed by atoms with Gasteiger partial charge in [-0.25, -0.2) is 0 Å². The molecule has 1 atom stereocenters. The molecule has 3 aromatic rings. The Balaban J connectivity index is 1.66. The van der Waals surface area contributed by atoms with E-state index in [9.17, 15) is 4.79 Å². The van der Waals surface area contributed by atoms with Gasteiger partial charge in [0.25, 0.3) is 0 Å². The van der Waals surface area contributed by atoms with Crippen LogP contribution in [-0.4, -0.2) is 24.1 Å². The second kappa shape index (κ2) is 7.50. The number of nitrogens with zero attached hydrogens (tertiary/aromatic N) is 1. The van der Waals surface area contributed by atoms with Crippen LogP contribution in [0.25, 0.3) is 0 Å². The van der Waals surface area contributed by atoms with Gasteiger partial charge in [0.15, 0.2) is 11.5 Å². The molecule has 0 saturated carbocycles. The molecule has 2 aromatic carbocycles. The molecule has 1 unspecified atom stereocenters. The van der Waals surface area contributed by atoms with Crippen molar-refractivity contribution in [2.45, 2.75) is 12.8 Å². The monoisotopic (exact) mass is 360 g/mol. The van der Waals surface area contributed by atoms with Crippen LogP contribution in [-0.2, 0) is 4.79 Å². The van der Waals surface area contributed by atoms with Gasteiger partial charge in [-0.2, -0.15) is 0 Å². The molecule has 0 radical (unpaired) electrons. The molecular weight excluding hydrogens is 340 g/mol. The lowest BCUT2D eigenvalue weighted by atomic mass is 9.90. The van der Waals surface area contributed by atoms with Crippen molar-refractivity contribution in [1.82, 2.24) is 4.98 Å². The van der Waals surface area contributed by atoms with E-state index in [1.54, 1.807) is 12.3 Å². The first kappa shape index (κ1) is 17.1. The Morgan fingerprint density at radius 1 is 1.00 bits per heavy atom. The number of carbonyl (C=O) groups is 1. The van der Waals surface area contributed by atoms with Gasteiger partial charge >= 0.3 is 0 Å². The maximum absolute atomic E-state index is 13.2. The van der Waals surface area contributed by atoms with E-state index >= 15 is 0 Å². The lowest BCUT2D eigenvalue weighted by Gasteiger charge is -2.21. The van der Waals surface area contributed by atoms with Crippen LogP contribution in [0.3, 0.4) is 0 Å². The number of aryl methyl sites for hydroxylation is 1. The standard InChI is InChI=1S/C22H20N2O3/c1-15-6-2-3-7-17(15)21(18-8-4-5-11-23-18)22(25)24-16-9-10-19-20(14-16)27-13-12-26-19/h2-11,14,21H,12-13H2,1H3,(H,24,25). The zero-order valence-corrected chi connectivity index (χ0v) is 15.0. The Kier molecular flexibility index (Phi) is 4.75. The smallest absolute Gasteiger partial charge is 0.238 e. The molecule has 1 amide bonds. The largest absolute Gasteiger partial charge is 0.486 e. The molecule has 1 aromatic heterocycles. The van der Waals surface area contributed by atoms with Crippen molar-refractivity contribution in [3.8, 4) is 11.5 Å². The third-order valence-electron chi connectivity index (χ3n) is 4.55. The van der Waals surface area contributed by atoms with Crippen molar-refractivity contribution in [2.24, 2.45) is 0 Å². The van der Waals surface area contributed by atoms with E-state index in [0.29, 0.717) is 36.1 Å². The minimum absolute atomic E-state index is 0.139. The van der Waals surface area contributed by atoms with Crippen LogP contribution in [0.2, 0.25) is 0 Å². The predicted octanol–water partition coefficient (Wildman–Crippen LogP) is 3.93. The number of fused-ring (bicyclic) bond motifs is 1. The van der Waals surface area contributed by atoms with Gasteiger partial charge < -0.3 is 14.8 Å². The summed E-state index contributed by atoms with van der Waals surface area (Å²) in [5.41, 5.74) is 3.36. The second-order valence-corrected chi connectivity index (χ2v) is 6.39. The molecule has 1 N–H and O–H groups in total. The third-order valence-corrected chi connectivity index (χ3v) is 4.55. The molecule has 5 nitrogen and oxygen atoms in total. The van der Waals surface area contributed by atoms with Crippen LogP contribution in [0.5, 0.6) is 11.5 Å². The Hall–Kier alpha value is -3.34. The first-order valence-electron chi connectivity index (χ1n) is 8.89. The quantitative estimate of drug-likeness (QED) is 0.766. The lowest BCUT2D eigenvalue weighted by molar-refractivity contribution is -0.116. The summed E-state index contributed by atoms with van der Waals surface area (Å²) < 4.78 is 11.1. The average Bonchev–Trinajstić information content (AvgIpc) is 2.70. The van der Waals surface area contributed by atoms with Crippen molar-refractivity contribution in [1.29, 1.82) is 0 Å². The average molecular weight is 360 g/mol. The zero-order valence-electron chi connectivity index (χ0n) is 15.0. The fraction of sp³-hybridized carbons (Fsp3) is 0.182. The van der Waals surface area contributed by atoms with Gasteiger partial charge in [0.1, 0.15) is 19.1 Å². The van der Waals surface area contributed by atoms with Gasteiger partial charge in [-0.1, -0.05) is 30.3 Å². The van der Waals surface area contributed by atoms with Crippen LogP contribution in [0.4, 0.5) is 5.69 Å². The number of nitrogens with one attached hydrogen (secondary N) is 1. The highest BCUT2D eigenvalue weighted by Gasteiger charge is 2.26. The summed E-state index contributed by atoms with van der Waals surface area (Å²) in [4.78, 5) is 17.6. The number of anilines is 1. The fourth-order valence-electron chi connectivity index (χ4n) is 3.23. The molecule has 0 aliphatic carbocycles. The van der Waals surface area contributed by atoms with Crippen molar-refractivity contribution < 1.29 is 14.3 Å². The Bertz CT molecular complexity index is 957. The number of carbonyl (C=O) groups excluding carboxylic acids is 1. The zero-order chi connectivity index (χ0) is 18.6. The van der Waals surface area contributed by atoms with Crippen molar-refractivity contribution >= 4 is 11.6 Å². The number of pyridine rings is 1. The van der Waals surface area contributed by atoms with Gasteiger partial charge in [-0.15, -0.1) is 0 Å². The fourth-order valence-corrected chi connectivity index (χ4v) is 3.23. The third kappa shape index (κ3) is 3.62. The SMILES string of the molecule is Cc1ccccc1C(C(=O)Nc1ccc2c(c1)OCCO2)c1ccccn1. The molecule has 0 saturated heterocycles. The summed E-state index contributed by atoms with van der Waals surface area (Å²) in [6.07, 6.45) is 1.71. The highest BCUT2D eigenvalue weighted by atomic mass is 16.6. The minimum Gasteiger partial charge on any atom is -0.486 e. The highest BCUT2D eigenvalue weighted by Crippen LogP contribution is 2.34. The lowest BCUT2D eigenvalue weighted by Crippen LogP contribution is -2.24. The summed E-state index contributed by atoms with van der Waals surface area (Å²) in [6.45, 7) is 3.04. The Morgan fingerprint density at radius 2 is 1.78 bits per heavy atom. The molecule has 0 spiro atoms. The van der Waals surface area contributed by atoms with E-state index in [1.807, 2.05) is 61.5 Å². The van der Waals surface area contributed by atoms with E-state index in [2.05, 4.69) is 10.3 Å². The number of aromatic nitrogens is 1. The van der Waals surface area contributed by atoms with E-state index in [-0.39, 0.29) is 5.91 Å². The number of rotatable bonds is 4. The van der Waals surface area contributed by atoms with Crippen LogP contribution in [0.1, 0.15) is 22.7 Å². The minimum atomic E-state index is -0.499. The maximum atomic E-state index is 13.2. The summed E-state index contributed by atoms with van der Waals surface area (Å²) in [5.74, 6) is 0.698. The van der Waals surface area contributed by atoms with Gasteiger partial charge in [-0.05, 0) is 42.3 Å². The number of benzene rings is 2. The van der Waals surface area contributed by atoms with Crippen LogP contribution < -0.4 is 14.8 Å². The van der Waals surface area contributed by atoms with Gasteiger partial charge in [0.05, 0.1) is 5.69 Å². The Labute approximate surface area is 158 Å². The number of hydrogen-bond donors (Lipinski definition) is 1. The molecular formula is C22H20N2O3. The molecule has 1 aliphatic rings. The van der Waals surface area contributed by atoms with Crippen molar-refractivity contribution in [3.05, 3.63) is 83.7 Å². The van der Waals surface area contributed by atoms with Crippen LogP contribution in [0.15, 0.2) is 66.9 Å². The molecule has 136 valence electrons. The van der Waals surface area contributed by atoms with Crippen molar-refractivity contribution in [2.75, 3.05) is 18.5 Å². The van der Waals surface area contributed by atoms with E-state index < -0.39 is 5.92 Å². The molecule has 1 aliphatic heterocycles. The number of hydrogen-bond acceptors (Lipinski definition) is 4. The van der Waals surface area contributed by atoms with E-state index in [0.717, 1.165) is 11.1 Å². The van der Waals surface area contributed by atoms with Crippen LogP contribution in [0, 0.1) is 6.92 Å². The first-order chi connectivity index (χ1) is 13.2. The van der Waals surface area contributed by atoms with Gasteiger partial charge in [-0.3, -0.25) is 9.78 Å². The van der Waals surface area contributed by atoms with Gasteiger partial charge in [0.2, 0.25) is 5.91 Å². The maximum Gasteiger partial charge on any atom is 0.238 e. The topological polar surface area (TPSA) is 60.5 Å². The number of amides is 1. The summed E-state index contributed by atoms with van der Waals surface area (Å²) in [7, 11) is 0. The summed E-state index contributed by atoms with van der Waals surface area (Å²) in [5, 5.41) is 3.00. The second-order valence-electron chi connectivity index (χ2n) is 6.39. The first-order valence-corrected chi connectivity index (χ1v) is 8.89. The summed E-state index contributed by atoms with van der Waals surface area (Å²) in [6, 6.07) is 18.9. The predicted molar refractivity (Wildman–Crippen MR) is 103 cm³/mol. The molecule has 4 rings (SSSR count). The molecule has 0 fully saturated rings.